The number of carbonyl (C=O) groups excluding carboxylic acids is 1. The van der Waals surface area contributed by atoms with Crippen molar-refractivity contribution in [1.29, 1.82) is 5.26 Å². The van der Waals surface area contributed by atoms with E-state index in [0.717, 1.165) is 0 Å². The minimum Gasteiger partial charge on any atom is -0.496 e. The minimum absolute atomic E-state index is 0.294. The molecule has 0 bridgehead atoms. The van der Waals surface area contributed by atoms with E-state index in [4.69, 9.17) is 19.5 Å². The Morgan fingerprint density at radius 2 is 1.71 bits per heavy atom. The predicted octanol–water partition coefficient (Wildman–Crippen LogP) is 1.17. The first-order valence-electron chi connectivity index (χ1n) is 4.67. The Morgan fingerprint density at radius 3 is 2.06 bits per heavy atom. The predicted molar refractivity (Wildman–Crippen MR) is 60.3 cm³/mol. The Bertz CT molecular complexity index is 440. The van der Waals surface area contributed by atoms with Crippen LogP contribution >= 0.6 is 0 Å². The topological polar surface area (TPSA) is 80.6 Å². The Balaban J connectivity index is 3.25. The van der Waals surface area contributed by atoms with Crippen LogP contribution in [0, 0.1) is 11.3 Å². The molecule has 1 rings (SSSR count). The second kappa shape index (κ2) is 5.61. The van der Waals surface area contributed by atoms with Gasteiger partial charge in [-0.2, -0.15) is 5.26 Å². The number of nitrogens with zero attached hydrogens (tertiary/aromatic N) is 1. The van der Waals surface area contributed by atoms with Crippen LogP contribution in [0.4, 0.5) is 5.69 Å². The van der Waals surface area contributed by atoms with Crippen LogP contribution in [0.5, 0.6) is 17.2 Å². The molecule has 6 nitrogen and oxygen atoms in total. The van der Waals surface area contributed by atoms with E-state index < -0.39 is 5.91 Å². The number of rotatable bonds is 4. The van der Waals surface area contributed by atoms with Crippen LogP contribution in [0.3, 0.4) is 0 Å². The van der Waals surface area contributed by atoms with E-state index in [-0.39, 0.29) is 0 Å². The van der Waals surface area contributed by atoms with Gasteiger partial charge >= 0.3 is 5.91 Å². The zero-order valence-electron chi connectivity index (χ0n) is 9.73. The zero-order chi connectivity index (χ0) is 12.8. The number of benzene rings is 1. The first-order chi connectivity index (χ1) is 8.15. The average molecular weight is 236 g/mol. The zero-order valence-corrected chi connectivity index (χ0v) is 9.73. The number of anilines is 1. The first-order valence-corrected chi connectivity index (χ1v) is 4.67. The van der Waals surface area contributed by atoms with Crippen molar-refractivity contribution in [2.24, 2.45) is 0 Å². The van der Waals surface area contributed by atoms with Gasteiger partial charge in [-0.05, 0) is 0 Å². The number of amides is 1. The number of methoxy groups -OCH3 is 3. The Kier molecular flexibility index (Phi) is 4.17. The fourth-order valence-corrected chi connectivity index (χ4v) is 1.27. The molecule has 0 aliphatic rings. The van der Waals surface area contributed by atoms with Gasteiger partial charge in [0.05, 0.1) is 21.3 Å². The third-order valence-corrected chi connectivity index (χ3v) is 2.06. The van der Waals surface area contributed by atoms with Gasteiger partial charge in [-0.3, -0.25) is 4.79 Å². The van der Waals surface area contributed by atoms with Gasteiger partial charge in [0.15, 0.2) is 6.07 Å². The Morgan fingerprint density at radius 1 is 1.18 bits per heavy atom. The molecule has 1 aromatic rings. The van der Waals surface area contributed by atoms with Crippen molar-refractivity contribution < 1.29 is 19.0 Å². The summed E-state index contributed by atoms with van der Waals surface area (Å²) in [5, 5.41) is 10.8. The molecule has 0 aliphatic heterocycles. The molecule has 0 radical (unpaired) electrons. The van der Waals surface area contributed by atoms with Crippen LogP contribution < -0.4 is 19.5 Å². The third-order valence-electron chi connectivity index (χ3n) is 2.06. The molecule has 0 unspecified atom stereocenters. The molecular formula is C11H12N2O4. The summed E-state index contributed by atoms with van der Waals surface area (Å²) in [6, 6.07) is 4.61. The van der Waals surface area contributed by atoms with Crippen molar-refractivity contribution in [1.82, 2.24) is 0 Å². The van der Waals surface area contributed by atoms with Gasteiger partial charge in [0.2, 0.25) is 0 Å². The molecule has 0 aromatic heterocycles. The Labute approximate surface area is 98.7 Å². The van der Waals surface area contributed by atoms with Crippen LogP contribution in [0.2, 0.25) is 0 Å². The molecule has 0 saturated heterocycles. The lowest BCUT2D eigenvalue weighted by molar-refractivity contribution is -0.111. The summed E-state index contributed by atoms with van der Waals surface area (Å²) < 4.78 is 15.2. The minimum atomic E-state index is -0.799. The fraction of sp³-hybridized carbons (Fsp3) is 0.273. The highest BCUT2D eigenvalue weighted by Gasteiger charge is 2.15. The molecule has 0 fully saturated rings. The number of hydrogen-bond acceptors (Lipinski definition) is 5. The van der Waals surface area contributed by atoms with Crippen LogP contribution in [0.25, 0.3) is 0 Å². The summed E-state index contributed by atoms with van der Waals surface area (Å²) in [4.78, 5) is 11.1. The van der Waals surface area contributed by atoms with Gasteiger partial charge in [-0.15, -0.1) is 0 Å². The molecule has 90 valence electrons. The quantitative estimate of drug-likeness (QED) is 0.794. The van der Waals surface area contributed by atoms with Gasteiger partial charge in [0.1, 0.15) is 22.9 Å². The van der Waals surface area contributed by atoms with Crippen molar-refractivity contribution in [2.45, 2.75) is 0 Å². The van der Waals surface area contributed by atoms with Crippen molar-refractivity contribution >= 4 is 11.6 Å². The van der Waals surface area contributed by atoms with Gasteiger partial charge in [-0.1, -0.05) is 0 Å². The van der Waals surface area contributed by atoms with E-state index >= 15 is 0 Å². The van der Waals surface area contributed by atoms with Crippen LogP contribution in [-0.4, -0.2) is 27.2 Å². The maximum absolute atomic E-state index is 11.1. The number of nitrogens with one attached hydrogen (secondary N) is 1. The number of hydrogen-bond donors (Lipinski definition) is 1. The smallest absolute Gasteiger partial charge is 0.326 e. The van der Waals surface area contributed by atoms with E-state index in [1.807, 2.05) is 0 Å². The molecular weight excluding hydrogens is 224 g/mol. The molecule has 1 amide bonds. The number of carbonyl (C=O) groups is 1. The summed E-state index contributed by atoms with van der Waals surface area (Å²) in [7, 11) is 4.38. The largest absolute Gasteiger partial charge is 0.496 e. The van der Waals surface area contributed by atoms with Gasteiger partial charge < -0.3 is 19.5 Å². The lowest BCUT2D eigenvalue weighted by atomic mass is 10.2. The molecule has 0 atom stereocenters. The highest BCUT2D eigenvalue weighted by molar-refractivity contribution is 6.04. The first kappa shape index (κ1) is 12.6. The van der Waals surface area contributed by atoms with Gasteiger partial charge in [-0.25, -0.2) is 0 Å². The molecule has 0 heterocycles. The van der Waals surface area contributed by atoms with Crippen LogP contribution in [-0.2, 0) is 4.79 Å². The summed E-state index contributed by atoms with van der Waals surface area (Å²) in [5.74, 6) is 0.426. The molecule has 17 heavy (non-hydrogen) atoms. The monoisotopic (exact) mass is 236 g/mol. The normalized spacial score (nSPS) is 9.06. The van der Waals surface area contributed by atoms with Crippen molar-refractivity contribution in [3.05, 3.63) is 12.1 Å². The standard InChI is InChI=1S/C11H12N2O4/c1-15-7-4-8(16-2)11(9(5-7)17-3)13-10(14)6-12/h4-5H,1-3H3,(H,13,14). The number of ether oxygens (including phenoxy) is 3. The molecule has 1 aromatic carbocycles. The van der Waals surface area contributed by atoms with E-state index in [2.05, 4.69) is 5.32 Å². The lowest BCUT2D eigenvalue weighted by Gasteiger charge is -2.14. The average Bonchev–Trinajstić information content (AvgIpc) is 2.38. The Hall–Kier alpha value is -2.42. The molecule has 0 saturated carbocycles. The van der Waals surface area contributed by atoms with E-state index in [9.17, 15) is 4.79 Å². The maximum Gasteiger partial charge on any atom is 0.326 e. The highest BCUT2D eigenvalue weighted by Crippen LogP contribution is 2.38. The second-order valence-corrected chi connectivity index (χ2v) is 2.97. The summed E-state index contributed by atoms with van der Waals surface area (Å²) in [6.07, 6.45) is 0. The van der Waals surface area contributed by atoms with Crippen molar-refractivity contribution in [3.63, 3.8) is 0 Å². The third kappa shape index (κ3) is 2.78. The van der Waals surface area contributed by atoms with Gasteiger partial charge in [0.25, 0.3) is 0 Å². The SMILES string of the molecule is COc1cc(OC)c(NC(=O)C#N)c(OC)c1. The van der Waals surface area contributed by atoms with Gasteiger partial charge in [0, 0.05) is 12.1 Å². The maximum atomic E-state index is 11.1. The van der Waals surface area contributed by atoms with Crippen LogP contribution in [0.1, 0.15) is 0 Å². The van der Waals surface area contributed by atoms with E-state index in [0.29, 0.717) is 22.9 Å². The summed E-state index contributed by atoms with van der Waals surface area (Å²) in [5.41, 5.74) is 0.294. The highest BCUT2D eigenvalue weighted by atomic mass is 16.5. The molecule has 1 N–H and O–H groups in total. The second-order valence-electron chi connectivity index (χ2n) is 2.97. The summed E-state index contributed by atoms with van der Waals surface area (Å²) >= 11 is 0. The molecule has 6 heteroatoms. The lowest BCUT2D eigenvalue weighted by Crippen LogP contribution is -2.10. The molecule has 0 aliphatic carbocycles. The fourth-order valence-electron chi connectivity index (χ4n) is 1.27. The van der Waals surface area contributed by atoms with Crippen molar-refractivity contribution in [2.75, 3.05) is 26.6 Å². The van der Waals surface area contributed by atoms with Crippen LogP contribution in [0.15, 0.2) is 12.1 Å². The number of nitriles is 1. The molecule has 0 spiro atoms. The van der Waals surface area contributed by atoms with E-state index in [1.165, 1.54) is 27.4 Å². The summed E-state index contributed by atoms with van der Waals surface area (Å²) in [6.45, 7) is 0. The van der Waals surface area contributed by atoms with E-state index in [1.54, 1.807) is 12.1 Å². The van der Waals surface area contributed by atoms with Crippen molar-refractivity contribution in [3.8, 4) is 23.3 Å².